The van der Waals surface area contributed by atoms with Gasteiger partial charge in [-0.2, -0.15) is 0 Å². The van der Waals surface area contributed by atoms with Crippen LogP contribution in [0.25, 0.3) is 0 Å². The Morgan fingerprint density at radius 1 is 0.683 bits per heavy atom. The van der Waals surface area contributed by atoms with E-state index >= 15 is 0 Å². The maximum Gasteiger partial charge on any atom is 0.119 e. The Balaban J connectivity index is 1.12. The van der Waals surface area contributed by atoms with Crippen LogP contribution in [-0.2, 0) is 30.8 Å². The first-order chi connectivity index (χ1) is 20.1. The van der Waals surface area contributed by atoms with E-state index in [2.05, 4.69) is 48.5 Å². The summed E-state index contributed by atoms with van der Waals surface area (Å²) in [6, 6.07) is 25.0. The zero-order valence-corrected chi connectivity index (χ0v) is 23.2. The maximum absolute atomic E-state index is 10.2. The molecule has 41 heavy (non-hydrogen) atoms. The van der Waals surface area contributed by atoms with Gasteiger partial charge in [-0.15, -0.1) is 0 Å². The van der Waals surface area contributed by atoms with Gasteiger partial charge in [0, 0.05) is 5.41 Å². The van der Waals surface area contributed by atoms with Crippen molar-refractivity contribution in [3.63, 3.8) is 0 Å². The summed E-state index contributed by atoms with van der Waals surface area (Å²) in [4.78, 5) is 0. The first kappa shape index (κ1) is 28.2. The maximum atomic E-state index is 10.2. The summed E-state index contributed by atoms with van der Waals surface area (Å²) in [5, 5.41) is 20.4. The second-order valence-corrected chi connectivity index (χ2v) is 11.0. The molecule has 2 aliphatic heterocycles. The van der Waals surface area contributed by atoms with E-state index in [-0.39, 0.29) is 44.1 Å². The fourth-order valence-electron chi connectivity index (χ4n) is 5.53. The number of epoxide rings is 2. The molecule has 2 fully saturated rings. The first-order valence-electron chi connectivity index (χ1n) is 14.4. The first-order valence-corrected chi connectivity index (χ1v) is 14.4. The van der Waals surface area contributed by atoms with Crippen LogP contribution < -0.4 is 9.47 Å². The van der Waals surface area contributed by atoms with Crippen molar-refractivity contribution >= 4 is 0 Å². The standard InChI is InChI=1S/C33H38O8/c34-26(15-36-19-30-21-40-30)17-38-28-9-5-24(6-10-28)33(14-13-23-3-1-2-4-32(23)33)25-7-11-29(12-8-25)39-18-27(35)16-37-20-31-22-41-31/h1-12,26-27,30-31,34-35H,13-22H2. The number of fused-ring (bicyclic) bond motifs is 1. The van der Waals surface area contributed by atoms with Gasteiger partial charge in [-0.25, -0.2) is 0 Å². The highest BCUT2D eigenvalue weighted by Crippen LogP contribution is 2.49. The molecule has 6 rings (SSSR count). The van der Waals surface area contributed by atoms with E-state index in [1.165, 1.54) is 22.3 Å². The van der Waals surface area contributed by atoms with Crippen molar-refractivity contribution < 1.29 is 38.6 Å². The highest BCUT2D eigenvalue weighted by atomic mass is 16.6. The van der Waals surface area contributed by atoms with Crippen molar-refractivity contribution in [2.45, 2.75) is 42.7 Å². The number of aliphatic hydroxyl groups excluding tert-OH is 2. The minimum absolute atomic E-state index is 0.163. The summed E-state index contributed by atoms with van der Waals surface area (Å²) < 4.78 is 32.9. The van der Waals surface area contributed by atoms with Crippen LogP contribution in [0, 0.1) is 0 Å². The van der Waals surface area contributed by atoms with Crippen LogP contribution in [0.1, 0.15) is 28.7 Å². The van der Waals surface area contributed by atoms with Crippen LogP contribution in [0.5, 0.6) is 11.5 Å². The SMILES string of the molecule is OC(COCC1CO1)COc1ccc(C2(c3ccc(OCC(O)COCC4CO4)cc3)CCc3ccccc32)cc1. The summed E-state index contributed by atoms with van der Waals surface area (Å²) >= 11 is 0. The van der Waals surface area contributed by atoms with Gasteiger partial charge >= 0.3 is 0 Å². The number of ether oxygens (including phenoxy) is 6. The number of aryl methyl sites for hydroxylation is 1. The fourth-order valence-corrected chi connectivity index (χ4v) is 5.53. The zero-order chi connectivity index (χ0) is 28.1. The van der Waals surface area contributed by atoms with Crippen LogP contribution in [0.4, 0.5) is 0 Å². The van der Waals surface area contributed by atoms with Gasteiger partial charge in [0.15, 0.2) is 0 Å². The van der Waals surface area contributed by atoms with Gasteiger partial charge in [0.05, 0.1) is 39.6 Å². The third-order valence-corrected chi connectivity index (χ3v) is 7.86. The summed E-state index contributed by atoms with van der Waals surface area (Å²) in [5.74, 6) is 1.41. The molecule has 0 bridgehead atoms. The molecule has 0 radical (unpaired) electrons. The van der Waals surface area contributed by atoms with Crippen molar-refractivity contribution in [1.82, 2.24) is 0 Å². The molecule has 2 N–H and O–H groups in total. The van der Waals surface area contributed by atoms with Gasteiger partial charge in [-0.3, -0.25) is 0 Å². The van der Waals surface area contributed by atoms with E-state index in [0.717, 1.165) is 26.1 Å². The van der Waals surface area contributed by atoms with Gasteiger partial charge in [0.25, 0.3) is 0 Å². The van der Waals surface area contributed by atoms with Gasteiger partial charge < -0.3 is 38.6 Å². The Labute approximate surface area is 240 Å². The largest absolute Gasteiger partial charge is 0.491 e. The van der Waals surface area contributed by atoms with Crippen molar-refractivity contribution in [3.05, 3.63) is 95.1 Å². The number of hydrogen-bond donors (Lipinski definition) is 2. The van der Waals surface area contributed by atoms with Gasteiger partial charge in [-0.1, -0.05) is 48.5 Å². The lowest BCUT2D eigenvalue weighted by molar-refractivity contribution is 0.00759. The average Bonchev–Trinajstić information content (AvgIpc) is 3.95. The molecule has 1 aliphatic carbocycles. The molecule has 218 valence electrons. The molecule has 8 heteroatoms. The van der Waals surface area contributed by atoms with E-state index in [4.69, 9.17) is 28.4 Å². The molecule has 3 aliphatic rings. The molecular weight excluding hydrogens is 524 g/mol. The molecular formula is C33H38O8. The zero-order valence-electron chi connectivity index (χ0n) is 23.2. The van der Waals surface area contributed by atoms with Crippen molar-refractivity contribution in [1.29, 1.82) is 0 Å². The van der Waals surface area contributed by atoms with Crippen LogP contribution in [0.3, 0.4) is 0 Å². The Morgan fingerprint density at radius 2 is 1.17 bits per heavy atom. The van der Waals surface area contributed by atoms with Crippen LogP contribution in [0.2, 0.25) is 0 Å². The molecule has 4 atom stereocenters. The molecule has 0 aromatic heterocycles. The topological polar surface area (TPSA) is 102 Å². The number of hydrogen-bond acceptors (Lipinski definition) is 8. The predicted octanol–water partition coefficient (Wildman–Crippen LogP) is 3.28. The predicted molar refractivity (Wildman–Crippen MR) is 152 cm³/mol. The van der Waals surface area contributed by atoms with E-state index in [0.29, 0.717) is 24.7 Å². The minimum atomic E-state index is -0.701. The number of aliphatic hydroxyl groups is 2. The summed E-state index contributed by atoms with van der Waals surface area (Å²) in [6.45, 7) is 3.26. The Bertz CT molecular complexity index is 1180. The summed E-state index contributed by atoms with van der Waals surface area (Å²) in [6.07, 6.45) is 0.897. The van der Waals surface area contributed by atoms with Crippen molar-refractivity contribution in [2.75, 3.05) is 52.9 Å². The molecule has 8 nitrogen and oxygen atoms in total. The second-order valence-electron chi connectivity index (χ2n) is 11.0. The quantitative estimate of drug-likeness (QED) is 0.257. The van der Waals surface area contributed by atoms with Crippen molar-refractivity contribution in [3.8, 4) is 11.5 Å². The minimum Gasteiger partial charge on any atom is -0.491 e. The van der Waals surface area contributed by atoms with E-state index in [9.17, 15) is 10.2 Å². The smallest absolute Gasteiger partial charge is 0.119 e. The van der Waals surface area contributed by atoms with Gasteiger partial charge in [0.1, 0.15) is 49.1 Å². The number of rotatable bonds is 16. The Kier molecular flexibility index (Phi) is 8.86. The Morgan fingerprint density at radius 3 is 1.66 bits per heavy atom. The fraction of sp³-hybridized carbons (Fsp3) is 0.455. The third-order valence-electron chi connectivity index (χ3n) is 7.86. The van der Waals surface area contributed by atoms with E-state index in [1.807, 2.05) is 24.3 Å². The molecule has 0 amide bonds. The highest BCUT2D eigenvalue weighted by Gasteiger charge is 2.41. The number of benzene rings is 3. The highest BCUT2D eigenvalue weighted by molar-refractivity contribution is 5.57. The Hall–Kier alpha value is -2.98. The van der Waals surface area contributed by atoms with Crippen LogP contribution >= 0.6 is 0 Å². The van der Waals surface area contributed by atoms with Gasteiger partial charge in [-0.05, 0) is 59.4 Å². The summed E-state index contributed by atoms with van der Waals surface area (Å²) in [7, 11) is 0. The average molecular weight is 563 g/mol. The van der Waals surface area contributed by atoms with E-state index in [1.54, 1.807) is 0 Å². The molecule has 2 saturated heterocycles. The molecule has 2 heterocycles. The second kappa shape index (κ2) is 12.9. The molecule has 3 aromatic rings. The molecule has 0 spiro atoms. The molecule has 0 saturated carbocycles. The van der Waals surface area contributed by atoms with E-state index < -0.39 is 12.2 Å². The lowest BCUT2D eigenvalue weighted by Gasteiger charge is -2.32. The normalized spacial score (nSPS) is 24.0. The monoisotopic (exact) mass is 562 g/mol. The van der Waals surface area contributed by atoms with Gasteiger partial charge in [0.2, 0.25) is 0 Å². The lowest BCUT2D eigenvalue weighted by Crippen LogP contribution is -2.27. The van der Waals surface area contributed by atoms with Crippen LogP contribution in [0.15, 0.2) is 72.8 Å². The molecule has 3 aromatic carbocycles. The lowest BCUT2D eigenvalue weighted by atomic mass is 9.70. The van der Waals surface area contributed by atoms with Crippen LogP contribution in [-0.4, -0.2) is 87.5 Å². The summed E-state index contributed by atoms with van der Waals surface area (Å²) in [5.41, 5.74) is 4.73. The third kappa shape index (κ3) is 7.09. The van der Waals surface area contributed by atoms with Crippen molar-refractivity contribution in [2.24, 2.45) is 0 Å². The molecule has 4 unspecified atom stereocenters.